The molecule has 0 aliphatic carbocycles. The van der Waals surface area contributed by atoms with E-state index in [1.54, 1.807) is 24.3 Å². The molecule has 4 heteroatoms. The van der Waals surface area contributed by atoms with E-state index >= 15 is 0 Å². The highest BCUT2D eigenvalue weighted by Gasteiger charge is 2.12. The second-order valence-electron chi connectivity index (χ2n) is 2.35. The van der Waals surface area contributed by atoms with Gasteiger partial charge in [-0.3, -0.25) is 4.79 Å². The van der Waals surface area contributed by atoms with Crippen molar-refractivity contribution < 1.29 is 4.79 Å². The van der Waals surface area contributed by atoms with Gasteiger partial charge in [-0.2, -0.15) is 5.26 Å². The number of ketones is 1. The first-order valence-corrected chi connectivity index (χ1v) is 4.68. The van der Waals surface area contributed by atoms with E-state index in [1.165, 1.54) is 0 Å². The lowest BCUT2D eigenvalue weighted by atomic mass is 10.1. The van der Waals surface area contributed by atoms with Gasteiger partial charge < -0.3 is 0 Å². The third-order valence-electron chi connectivity index (χ3n) is 1.48. The van der Waals surface area contributed by atoms with E-state index in [0.717, 1.165) is 0 Å². The van der Waals surface area contributed by atoms with Crippen LogP contribution in [0.3, 0.4) is 0 Å². The molecule has 0 fully saturated rings. The minimum atomic E-state index is -0.264. The molecule has 0 bridgehead atoms. The van der Waals surface area contributed by atoms with E-state index in [9.17, 15) is 4.79 Å². The predicted molar refractivity (Wildman–Crippen MR) is 53.7 cm³/mol. The molecule has 1 rings (SSSR count). The van der Waals surface area contributed by atoms with Crippen LogP contribution >= 0.6 is 27.5 Å². The Morgan fingerprint density at radius 2 is 2.31 bits per heavy atom. The maximum atomic E-state index is 11.3. The number of Topliss-reactive ketones (excluding diaryl/α,β-unsaturated/α-hetero) is 1. The van der Waals surface area contributed by atoms with Crippen molar-refractivity contribution in [3.63, 3.8) is 0 Å². The first-order valence-electron chi connectivity index (χ1n) is 3.51. The van der Waals surface area contributed by atoms with Gasteiger partial charge in [-0.05, 0) is 28.1 Å². The summed E-state index contributed by atoms with van der Waals surface area (Å²) in [5.41, 5.74) is 0.380. The summed E-state index contributed by atoms with van der Waals surface area (Å²) < 4.78 is 0.625. The van der Waals surface area contributed by atoms with Gasteiger partial charge in [-0.25, -0.2) is 0 Å². The van der Waals surface area contributed by atoms with Crippen LogP contribution in [0.25, 0.3) is 0 Å². The van der Waals surface area contributed by atoms with Crippen LogP contribution in [0.1, 0.15) is 16.8 Å². The molecule has 0 radical (unpaired) electrons. The first-order chi connectivity index (χ1) is 6.16. The van der Waals surface area contributed by atoms with Crippen LogP contribution in [0.5, 0.6) is 0 Å². The van der Waals surface area contributed by atoms with Gasteiger partial charge in [-0.15, -0.1) is 0 Å². The maximum absolute atomic E-state index is 11.3. The van der Waals surface area contributed by atoms with Crippen molar-refractivity contribution in [2.45, 2.75) is 6.42 Å². The highest BCUT2D eigenvalue weighted by atomic mass is 79.9. The smallest absolute Gasteiger partial charge is 0.179 e. The van der Waals surface area contributed by atoms with Gasteiger partial charge >= 0.3 is 0 Å². The van der Waals surface area contributed by atoms with E-state index in [4.69, 9.17) is 16.9 Å². The third-order valence-corrected chi connectivity index (χ3v) is 2.46. The van der Waals surface area contributed by atoms with E-state index in [-0.39, 0.29) is 12.2 Å². The van der Waals surface area contributed by atoms with Gasteiger partial charge in [0.15, 0.2) is 5.78 Å². The molecule has 0 heterocycles. The van der Waals surface area contributed by atoms with Crippen molar-refractivity contribution in [3.8, 4) is 6.07 Å². The number of nitriles is 1. The van der Waals surface area contributed by atoms with Crippen LogP contribution in [0.15, 0.2) is 22.7 Å². The van der Waals surface area contributed by atoms with Gasteiger partial charge in [0.2, 0.25) is 0 Å². The molecule has 13 heavy (non-hydrogen) atoms. The monoisotopic (exact) mass is 257 g/mol. The molecule has 0 aliphatic heterocycles. The molecule has 1 aromatic carbocycles. The summed E-state index contributed by atoms with van der Waals surface area (Å²) in [6.45, 7) is 0. The molecule has 0 saturated carbocycles. The number of carbonyl (C=O) groups excluding carboxylic acids is 1. The summed E-state index contributed by atoms with van der Waals surface area (Å²) in [6.07, 6.45) is -0.150. The molecule has 0 atom stereocenters. The van der Waals surface area contributed by atoms with Crippen molar-refractivity contribution >= 4 is 33.3 Å². The molecule has 0 aromatic heterocycles. The molecule has 0 N–H and O–H groups in total. The van der Waals surface area contributed by atoms with Crippen LogP contribution in [-0.2, 0) is 0 Å². The lowest BCUT2D eigenvalue weighted by molar-refractivity contribution is 0.0997. The average Bonchev–Trinajstić information content (AvgIpc) is 2.04. The van der Waals surface area contributed by atoms with Crippen LogP contribution in [-0.4, -0.2) is 5.78 Å². The topological polar surface area (TPSA) is 40.9 Å². The van der Waals surface area contributed by atoms with E-state index in [2.05, 4.69) is 15.9 Å². The second-order valence-corrected chi connectivity index (χ2v) is 3.62. The molecule has 66 valence electrons. The zero-order valence-corrected chi connectivity index (χ0v) is 8.89. The molecular formula is C9H5BrClNO. The number of rotatable bonds is 2. The van der Waals surface area contributed by atoms with Crippen molar-refractivity contribution in [1.29, 1.82) is 5.26 Å². The highest BCUT2D eigenvalue weighted by Crippen LogP contribution is 2.25. The van der Waals surface area contributed by atoms with Crippen molar-refractivity contribution in [2.75, 3.05) is 0 Å². The molecule has 0 amide bonds. The Morgan fingerprint density at radius 3 is 2.85 bits per heavy atom. The molecule has 1 aromatic rings. The summed E-state index contributed by atoms with van der Waals surface area (Å²) in [6, 6.07) is 6.86. The molecule has 2 nitrogen and oxygen atoms in total. The minimum absolute atomic E-state index is 0.150. The fourth-order valence-corrected chi connectivity index (χ4v) is 1.91. The average molecular weight is 259 g/mol. The van der Waals surface area contributed by atoms with Crippen LogP contribution in [0, 0.1) is 11.3 Å². The van der Waals surface area contributed by atoms with E-state index in [0.29, 0.717) is 15.1 Å². The zero-order valence-electron chi connectivity index (χ0n) is 6.55. The van der Waals surface area contributed by atoms with Gasteiger partial charge in [0.1, 0.15) is 0 Å². The fourth-order valence-electron chi connectivity index (χ4n) is 0.924. The highest BCUT2D eigenvalue weighted by molar-refractivity contribution is 9.10. The summed E-state index contributed by atoms with van der Waals surface area (Å²) in [7, 11) is 0. The van der Waals surface area contributed by atoms with E-state index in [1.807, 2.05) is 0 Å². The number of halogens is 2. The van der Waals surface area contributed by atoms with Gasteiger partial charge in [0.05, 0.1) is 23.1 Å². The Labute approximate surface area is 89.3 Å². The summed E-state index contributed by atoms with van der Waals surface area (Å²) in [4.78, 5) is 11.3. The fraction of sp³-hybridized carbons (Fsp3) is 0.111. The normalized spacial score (nSPS) is 9.31. The van der Waals surface area contributed by atoms with Gasteiger partial charge in [-0.1, -0.05) is 17.7 Å². The number of nitrogens with zero attached hydrogens (tertiary/aromatic N) is 1. The van der Waals surface area contributed by atoms with Crippen LogP contribution in [0.4, 0.5) is 0 Å². The van der Waals surface area contributed by atoms with Gasteiger partial charge in [0.25, 0.3) is 0 Å². The minimum Gasteiger partial charge on any atom is -0.293 e. The third kappa shape index (κ3) is 2.30. The quantitative estimate of drug-likeness (QED) is 0.764. The SMILES string of the molecule is N#CCC(=O)c1c(Cl)cccc1Br. The summed E-state index contributed by atoms with van der Waals surface area (Å²) in [5.74, 6) is -0.264. The Balaban J connectivity index is 3.14. The Hall–Kier alpha value is -0.850. The predicted octanol–water partition coefficient (Wildman–Crippen LogP) is 3.20. The Kier molecular flexibility index (Phi) is 3.47. The number of hydrogen-bond acceptors (Lipinski definition) is 2. The lowest BCUT2D eigenvalue weighted by Crippen LogP contribution is -1.99. The number of benzene rings is 1. The summed E-state index contributed by atoms with van der Waals surface area (Å²) >= 11 is 9.00. The standard InChI is InChI=1S/C9H5BrClNO/c10-6-2-1-3-7(11)9(6)8(13)4-5-12/h1-3H,4H2. The maximum Gasteiger partial charge on any atom is 0.179 e. The molecule has 0 spiro atoms. The number of carbonyl (C=O) groups is 1. The molecule has 0 unspecified atom stereocenters. The number of hydrogen-bond donors (Lipinski definition) is 0. The Morgan fingerprint density at radius 1 is 1.62 bits per heavy atom. The van der Waals surface area contributed by atoms with Crippen molar-refractivity contribution in [1.82, 2.24) is 0 Å². The first kappa shape index (κ1) is 10.2. The summed E-state index contributed by atoms with van der Waals surface area (Å²) in [5, 5.41) is 8.72. The molecular weight excluding hydrogens is 253 g/mol. The largest absolute Gasteiger partial charge is 0.293 e. The molecule has 0 saturated heterocycles. The lowest BCUT2D eigenvalue weighted by Gasteiger charge is -2.02. The zero-order chi connectivity index (χ0) is 9.84. The van der Waals surface area contributed by atoms with Crippen molar-refractivity contribution in [3.05, 3.63) is 33.3 Å². The van der Waals surface area contributed by atoms with Gasteiger partial charge in [0, 0.05) is 4.47 Å². The van der Waals surface area contributed by atoms with E-state index < -0.39 is 0 Å². The van der Waals surface area contributed by atoms with Crippen LogP contribution < -0.4 is 0 Å². The Bertz CT molecular complexity index is 363. The molecule has 0 aliphatic rings. The van der Waals surface area contributed by atoms with Crippen LogP contribution in [0.2, 0.25) is 5.02 Å². The second kappa shape index (κ2) is 4.40. The van der Waals surface area contributed by atoms with Crippen molar-refractivity contribution in [2.24, 2.45) is 0 Å².